The molecule has 0 unspecified atom stereocenters. The molecule has 1 aliphatic heterocycles. The first-order valence-corrected chi connectivity index (χ1v) is 11.8. The Morgan fingerprint density at radius 3 is 2.74 bits per heavy atom. The van der Waals surface area contributed by atoms with Gasteiger partial charge in [-0.05, 0) is 49.4 Å². The van der Waals surface area contributed by atoms with Crippen LogP contribution in [0.15, 0.2) is 64.2 Å². The Bertz CT molecular complexity index is 1340. The van der Waals surface area contributed by atoms with Crippen molar-refractivity contribution in [3.63, 3.8) is 0 Å². The van der Waals surface area contributed by atoms with Crippen LogP contribution in [-0.4, -0.2) is 31.2 Å². The minimum absolute atomic E-state index is 0.0441. The lowest BCUT2D eigenvalue weighted by atomic mass is 10.1. The number of carbonyl (C=O) groups is 1. The van der Waals surface area contributed by atoms with Gasteiger partial charge < -0.3 is 9.88 Å². The highest BCUT2D eigenvalue weighted by Crippen LogP contribution is 2.35. The van der Waals surface area contributed by atoms with Gasteiger partial charge in [0.2, 0.25) is 5.91 Å². The van der Waals surface area contributed by atoms with E-state index in [0.717, 1.165) is 38.9 Å². The molecule has 156 valence electrons. The van der Waals surface area contributed by atoms with Crippen molar-refractivity contribution in [3.8, 4) is 16.9 Å². The molecule has 2 aromatic carbocycles. The van der Waals surface area contributed by atoms with Crippen LogP contribution in [0.5, 0.6) is 0 Å². The zero-order chi connectivity index (χ0) is 21.5. The number of thioether (sulfide) groups is 1. The summed E-state index contributed by atoms with van der Waals surface area (Å²) in [6, 6.07) is 15.6. The molecule has 0 saturated carbocycles. The van der Waals surface area contributed by atoms with Crippen LogP contribution in [0, 0.1) is 0 Å². The third kappa shape index (κ3) is 3.91. The van der Waals surface area contributed by atoms with Crippen LogP contribution < -0.4 is 5.32 Å². The third-order valence-corrected chi connectivity index (χ3v) is 6.64. The summed E-state index contributed by atoms with van der Waals surface area (Å²) in [5.74, 6) is 0.963. The van der Waals surface area contributed by atoms with Gasteiger partial charge in [-0.3, -0.25) is 4.79 Å². The minimum Gasteiger partial charge on any atom is -0.347 e. The van der Waals surface area contributed by atoms with Gasteiger partial charge in [0.1, 0.15) is 0 Å². The molecule has 0 spiro atoms. The Balaban J connectivity index is 1.69. The number of hydrogen-bond donors (Lipinski definition) is 1. The second-order valence-electron chi connectivity index (χ2n) is 7.02. The molecule has 3 heterocycles. The molecular formula is C22H17BrClN5OS. The first-order valence-electron chi connectivity index (χ1n) is 9.68. The Morgan fingerprint density at radius 1 is 1.23 bits per heavy atom. The predicted molar refractivity (Wildman–Crippen MR) is 131 cm³/mol. The number of rotatable bonds is 4. The topological polar surface area (TPSA) is 64.2 Å². The fourth-order valence-corrected chi connectivity index (χ4v) is 4.75. The van der Waals surface area contributed by atoms with Gasteiger partial charge >= 0.3 is 0 Å². The summed E-state index contributed by atoms with van der Waals surface area (Å²) in [4.78, 5) is 16.3. The van der Waals surface area contributed by atoms with Crippen molar-refractivity contribution in [1.29, 1.82) is 0 Å². The number of hydrogen-bond acceptors (Lipinski definition) is 4. The van der Waals surface area contributed by atoms with Crippen molar-refractivity contribution >= 4 is 67.1 Å². The second-order valence-corrected chi connectivity index (χ2v) is 9.34. The summed E-state index contributed by atoms with van der Waals surface area (Å²) in [5.41, 5.74) is 3.81. The molecule has 4 aromatic rings. The van der Waals surface area contributed by atoms with Crippen molar-refractivity contribution < 1.29 is 4.79 Å². The summed E-state index contributed by atoms with van der Waals surface area (Å²) in [6.07, 6.45) is 2.12. The molecular weight excluding hydrogens is 498 g/mol. The summed E-state index contributed by atoms with van der Waals surface area (Å²) in [5, 5.41) is 10.0. The quantitative estimate of drug-likeness (QED) is 0.375. The normalized spacial score (nSPS) is 15.2. The first-order chi connectivity index (χ1) is 15.0. The molecule has 0 bridgehead atoms. The maximum absolute atomic E-state index is 11.6. The molecule has 31 heavy (non-hydrogen) atoms. The van der Waals surface area contributed by atoms with E-state index in [0.29, 0.717) is 21.8 Å². The van der Waals surface area contributed by atoms with Gasteiger partial charge in [0.25, 0.3) is 0 Å². The van der Waals surface area contributed by atoms with E-state index in [1.54, 1.807) is 4.68 Å². The number of aryl methyl sites for hydroxylation is 1. The number of carbonyl (C=O) groups excluding carboxylic acids is 1. The van der Waals surface area contributed by atoms with E-state index in [-0.39, 0.29) is 5.91 Å². The van der Waals surface area contributed by atoms with Crippen LogP contribution in [-0.2, 0) is 11.3 Å². The Morgan fingerprint density at radius 2 is 2.03 bits per heavy atom. The third-order valence-electron chi connectivity index (χ3n) is 5.02. The maximum Gasteiger partial charge on any atom is 0.236 e. The standard InChI is InChI=1S/C22H17BrClN5OS/c1-2-28-11-17(16-9-13(23)3-8-19(16)28)18-10-20(25-22-26-21(30)12-31-22)29(27-18)15-6-4-14(24)5-7-15/h3-11H,2,12H2,1H3,(H,25,26,30). The molecule has 1 saturated heterocycles. The Kier molecular flexibility index (Phi) is 5.37. The van der Waals surface area contributed by atoms with Gasteiger partial charge in [-0.25, -0.2) is 9.67 Å². The van der Waals surface area contributed by atoms with Crippen LogP contribution in [0.25, 0.3) is 27.8 Å². The smallest absolute Gasteiger partial charge is 0.236 e. The summed E-state index contributed by atoms with van der Waals surface area (Å²) in [6.45, 7) is 2.98. The fraction of sp³-hybridized carbons (Fsp3) is 0.136. The number of amidine groups is 1. The van der Waals surface area contributed by atoms with E-state index < -0.39 is 0 Å². The van der Waals surface area contributed by atoms with Crippen molar-refractivity contribution in [2.45, 2.75) is 13.5 Å². The number of aliphatic imine (C=N–C) groups is 1. The summed E-state index contributed by atoms with van der Waals surface area (Å²) in [7, 11) is 0. The van der Waals surface area contributed by atoms with Gasteiger partial charge in [0.15, 0.2) is 11.0 Å². The largest absolute Gasteiger partial charge is 0.347 e. The molecule has 1 fully saturated rings. The molecule has 0 radical (unpaired) electrons. The number of fused-ring (bicyclic) bond motifs is 1. The SMILES string of the molecule is CCn1cc(-c2cc(N=C3NC(=O)CS3)n(-c3ccc(Cl)cc3)n2)c2cc(Br)ccc21. The van der Waals surface area contributed by atoms with Crippen molar-refractivity contribution in [3.05, 3.63) is 64.2 Å². The van der Waals surface area contributed by atoms with Gasteiger partial charge in [0.05, 0.1) is 17.1 Å². The highest BCUT2D eigenvalue weighted by Gasteiger charge is 2.20. The Hall–Kier alpha value is -2.55. The number of aromatic nitrogens is 3. The highest BCUT2D eigenvalue weighted by atomic mass is 79.9. The lowest BCUT2D eigenvalue weighted by Crippen LogP contribution is -2.20. The summed E-state index contributed by atoms with van der Waals surface area (Å²) < 4.78 is 4.99. The van der Waals surface area contributed by atoms with Crippen LogP contribution in [0.1, 0.15) is 6.92 Å². The van der Waals surface area contributed by atoms with Crippen LogP contribution in [0.2, 0.25) is 5.02 Å². The van der Waals surface area contributed by atoms with Gasteiger partial charge in [-0.1, -0.05) is 39.3 Å². The lowest BCUT2D eigenvalue weighted by Gasteiger charge is -2.04. The van der Waals surface area contributed by atoms with E-state index in [2.05, 4.69) is 56.1 Å². The molecule has 2 aromatic heterocycles. The maximum atomic E-state index is 11.6. The number of nitrogens with one attached hydrogen (secondary N) is 1. The van der Waals surface area contributed by atoms with Crippen LogP contribution in [0.4, 0.5) is 5.82 Å². The van der Waals surface area contributed by atoms with Gasteiger partial charge in [-0.15, -0.1) is 0 Å². The molecule has 0 atom stereocenters. The van der Waals surface area contributed by atoms with Crippen LogP contribution >= 0.6 is 39.3 Å². The van der Waals surface area contributed by atoms with Crippen molar-refractivity contribution in [2.24, 2.45) is 4.99 Å². The second kappa shape index (κ2) is 8.18. The number of amides is 1. The average Bonchev–Trinajstić information content (AvgIpc) is 3.45. The molecule has 1 amide bonds. The van der Waals surface area contributed by atoms with Gasteiger partial charge in [0, 0.05) is 44.8 Å². The zero-order valence-corrected chi connectivity index (χ0v) is 19.6. The van der Waals surface area contributed by atoms with E-state index >= 15 is 0 Å². The Labute approximate surface area is 196 Å². The van der Waals surface area contributed by atoms with E-state index in [4.69, 9.17) is 16.7 Å². The molecule has 0 aliphatic carbocycles. The highest BCUT2D eigenvalue weighted by molar-refractivity contribution is 9.10. The molecule has 6 nitrogen and oxygen atoms in total. The average molecular weight is 515 g/mol. The lowest BCUT2D eigenvalue weighted by molar-refractivity contribution is -0.116. The fourth-order valence-electron chi connectivity index (χ4n) is 3.58. The molecule has 1 N–H and O–H groups in total. The van der Waals surface area contributed by atoms with Gasteiger partial charge in [-0.2, -0.15) is 5.10 Å². The first kappa shape index (κ1) is 20.4. The molecule has 5 rings (SSSR count). The van der Waals surface area contributed by atoms with Crippen LogP contribution in [0.3, 0.4) is 0 Å². The van der Waals surface area contributed by atoms with E-state index in [1.165, 1.54) is 11.8 Å². The number of halogens is 2. The van der Waals surface area contributed by atoms with E-state index in [1.807, 2.05) is 36.4 Å². The molecule has 9 heteroatoms. The monoisotopic (exact) mass is 513 g/mol. The number of nitrogens with zero attached hydrogens (tertiary/aromatic N) is 4. The van der Waals surface area contributed by atoms with E-state index in [9.17, 15) is 4.79 Å². The predicted octanol–water partition coefficient (Wildman–Crippen LogP) is 5.78. The molecule has 1 aliphatic rings. The minimum atomic E-state index is -0.0441. The van der Waals surface area contributed by atoms with Crippen molar-refractivity contribution in [1.82, 2.24) is 19.7 Å². The van der Waals surface area contributed by atoms with Crippen molar-refractivity contribution in [2.75, 3.05) is 5.75 Å². The summed E-state index contributed by atoms with van der Waals surface area (Å²) >= 11 is 11.0. The zero-order valence-electron chi connectivity index (χ0n) is 16.5. The number of benzene rings is 2.